The lowest BCUT2D eigenvalue weighted by molar-refractivity contribution is -0.309. The van der Waals surface area contributed by atoms with Gasteiger partial charge in [-0.15, -0.1) is 0 Å². The zero-order chi connectivity index (χ0) is 37.5. The lowest BCUT2D eigenvalue weighted by Gasteiger charge is -2.53. The summed E-state index contributed by atoms with van der Waals surface area (Å²) in [6.07, 6.45) is 1.69. The van der Waals surface area contributed by atoms with Gasteiger partial charge in [0.05, 0.1) is 39.6 Å². The van der Waals surface area contributed by atoms with Crippen LogP contribution in [-0.2, 0) is 61.5 Å². The summed E-state index contributed by atoms with van der Waals surface area (Å²) in [5.41, 5.74) is 3.99. The molecule has 0 saturated carbocycles. The van der Waals surface area contributed by atoms with Crippen LogP contribution >= 0.6 is 0 Å². The molecule has 8 nitrogen and oxygen atoms in total. The van der Waals surface area contributed by atoms with E-state index in [1.807, 2.05) is 158 Å². The number of carbonyl (C=O) groups excluding carboxylic acids is 1. The van der Waals surface area contributed by atoms with Crippen molar-refractivity contribution in [3.8, 4) is 0 Å². The Hall–Kier alpha value is -5.09. The highest BCUT2D eigenvalue weighted by atomic mass is 16.6. The molecule has 1 saturated heterocycles. The van der Waals surface area contributed by atoms with Gasteiger partial charge in [0, 0.05) is 6.54 Å². The summed E-state index contributed by atoms with van der Waals surface area (Å²) in [7, 11) is 0. The standard InChI is InChI=1S/C47H49NO7/c49-46(54-34-41-26-14-5-15-27-41)48-29-17-16-28-47(36-48)45(53-33-40-24-12-4-13-25-40)44(52-32-39-22-10-3-11-23-39)43(51-31-38-20-8-2-9-21-38)42(55-47)35-50-30-37-18-6-1-7-19-37/h1-27,42-45H,28-36H2/t42-,43-,44+,45-,47-/m1/s1. The third kappa shape index (κ3) is 10.6. The van der Waals surface area contributed by atoms with Gasteiger partial charge in [0.25, 0.3) is 0 Å². The predicted molar refractivity (Wildman–Crippen MR) is 211 cm³/mol. The van der Waals surface area contributed by atoms with Crippen LogP contribution in [0.5, 0.6) is 0 Å². The van der Waals surface area contributed by atoms with Crippen LogP contribution in [0.15, 0.2) is 164 Å². The Kier molecular flexibility index (Phi) is 13.5. The van der Waals surface area contributed by atoms with Gasteiger partial charge in [-0.05, 0) is 34.2 Å². The van der Waals surface area contributed by atoms with E-state index in [4.69, 9.17) is 28.4 Å². The molecule has 1 fully saturated rings. The molecule has 0 aliphatic carbocycles. The van der Waals surface area contributed by atoms with Crippen molar-refractivity contribution in [2.45, 2.75) is 69.5 Å². The second-order valence-corrected chi connectivity index (χ2v) is 14.1. The first-order valence-corrected chi connectivity index (χ1v) is 19.0. The molecular weight excluding hydrogens is 691 g/mol. The first kappa shape index (κ1) is 38.2. The summed E-state index contributed by atoms with van der Waals surface area (Å²) in [5.74, 6) is 0. The number of nitrogens with zero attached hydrogens (tertiary/aromatic N) is 1. The maximum Gasteiger partial charge on any atom is 0.410 e. The maximum absolute atomic E-state index is 13.9. The Balaban J connectivity index is 1.24. The highest BCUT2D eigenvalue weighted by molar-refractivity contribution is 5.68. The van der Waals surface area contributed by atoms with Crippen LogP contribution in [0.1, 0.15) is 34.2 Å². The largest absolute Gasteiger partial charge is 0.445 e. The van der Waals surface area contributed by atoms with Gasteiger partial charge < -0.3 is 33.3 Å². The van der Waals surface area contributed by atoms with Crippen LogP contribution in [0.25, 0.3) is 0 Å². The van der Waals surface area contributed by atoms with Crippen molar-refractivity contribution in [3.63, 3.8) is 0 Å². The quantitative estimate of drug-likeness (QED) is 0.0995. The highest BCUT2D eigenvalue weighted by Crippen LogP contribution is 2.41. The minimum atomic E-state index is -1.04. The van der Waals surface area contributed by atoms with Crippen LogP contribution in [0.2, 0.25) is 0 Å². The van der Waals surface area contributed by atoms with Crippen molar-refractivity contribution in [2.24, 2.45) is 0 Å². The second-order valence-electron chi connectivity index (χ2n) is 14.1. The molecule has 5 atom stereocenters. The Morgan fingerprint density at radius 3 is 1.55 bits per heavy atom. The van der Waals surface area contributed by atoms with Gasteiger partial charge in [0.1, 0.15) is 36.6 Å². The summed E-state index contributed by atoms with van der Waals surface area (Å²) in [6.45, 7) is 2.34. The smallest absolute Gasteiger partial charge is 0.410 e. The summed E-state index contributed by atoms with van der Waals surface area (Å²) in [6, 6.07) is 50.0. The zero-order valence-electron chi connectivity index (χ0n) is 31.1. The van der Waals surface area contributed by atoms with Crippen LogP contribution in [-0.4, -0.2) is 60.7 Å². The van der Waals surface area contributed by atoms with Gasteiger partial charge in [-0.25, -0.2) is 4.79 Å². The van der Waals surface area contributed by atoms with E-state index >= 15 is 0 Å². The molecule has 2 aliphatic heterocycles. The molecule has 5 aromatic carbocycles. The van der Waals surface area contributed by atoms with Gasteiger partial charge in [-0.2, -0.15) is 0 Å². The molecule has 0 radical (unpaired) electrons. The number of hydrogen-bond acceptors (Lipinski definition) is 7. The Labute approximate surface area is 324 Å². The fraction of sp³-hybridized carbons (Fsp3) is 0.298. The van der Waals surface area contributed by atoms with Crippen LogP contribution in [0.3, 0.4) is 0 Å². The number of benzene rings is 5. The third-order valence-corrected chi connectivity index (χ3v) is 10.0. The summed E-state index contributed by atoms with van der Waals surface area (Å²) in [5, 5.41) is 0. The molecule has 284 valence electrons. The van der Waals surface area contributed by atoms with E-state index in [2.05, 4.69) is 6.08 Å². The van der Waals surface area contributed by atoms with Gasteiger partial charge in [-0.3, -0.25) is 0 Å². The monoisotopic (exact) mass is 739 g/mol. The van der Waals surface area contributed by atoms with E-state index in [1.54, 1.807) is 4.90 Å². The first-order valence-electron chi connectivity index (χ1n) is 19.0. The number of amides is 1. The molecule has 1 spiro atoms. The minimum absolute atomic E-state index is 0.163. The van der Waals surface area contributed by atoms with Crippen LogP contribution < -0.4 is 0 Å². The van der Waals surface area contributed by atoms with Crippen molar-refractivity contribution in [2.75, 3.05) is 19.7 Å². The Morgan fingerprint density at radius 2 is 1.02 bits per heavy atom. The van der Waals surface area contributed by atoms with E-state index in [1.165, 1.54) is 0 Å². The SMILES string of the molecule is O=C(OCc1ccccc1)N1CC=CC[C@]2(C1)O[C@H](COCc1ccccc1)[C@@H](OCc1ccccc1)[C@H](OCc1ccccc1)[C@H]2OCc1ccccc1. The minimum Gasteiger partial charge on any atom is -0.445 e. The topological polar surface area (TPSA) is 75.7 Å². The molecule has 5 aromatic rings. The van der Waals surface area contributed by atoms with Crippen molar-refractivity contribution in [1.82, 2.24) is 4.90 Å². The normalized spacial score (nSPS) is 22.3. The molecule has 0 unspecified atom stereocenters. The summed E-state index contributed by atoms with van der Waals surface area (Å²) >= 11 is 0. The summed E-state index contributed by atoms with van der Waals surface area (Å²) < 4.78 is 40.5. The molecule has 0 aromatic heterocycles. The Bertz CT molecular complexity index is 1900. The number of hydrogen-bond donors (Lipinski definition) is 0. The zero-order valence-corrected chi connectivity index (χ0v) is 31.1. The van der Waals surface area contributed by atoms with Crippen LogP contribution in [0.4, 0.5) is 4.79 Å². The lowest BCUT2D eigenvalue weighted by atomic mass is 9.81. The second kappa shape index (κ2) is 19.5. The molecule has 55 heavy (non-hydrogen) atoms. The first-order chi connectivity index (χ1) is 27.1. The number of rotatable bonds is 15. The third-order valence-electron chi connectivity index (χ3n) is 10.0. The average molecular weight is 740 g/mol. The van der Waals surface area contributed by atoms with E-state index in [0.29, 0.717) is 39.4 Å². The molecule has 0 N–H and O–H groups in total. The maximum atomic E-state index is 13.9. The van der Waals surface area contributed by atoms with Crippen molar-refractivity contribution < 1.29 is 33.2 Å². The highest BCUT2D eigenvalue weighted by Gasteiger charge is 2.57. The van der Waals surface area contributed by atoms with Crippen molar-refractivity contribution in [3.05, 3.63) is 192 Å². The molecule has 1 amide bonds. The van der Waals surface area contributed by atoms with E-state index in [9.17, 15) is 4.79 Å². The Morgan fingerprint density at radius 1 is 0.564 bits per heavy atom. The fourth-order valence-corrected chi connectivity index (χ4v) is 7.22. The summed E-state index contributed by atoms with van der Waals surface area (Å²) in [4.78, 5) is 15.6. The van der Waals surface area contributed by atoms with Gasteiger partial charge in [0.15, 0.2) is 0 Å². The molecule has 2 aliphatic rings. The molecule has 7 rings (SSSR count). The lowest BCUT2D eigenvalue weighted by Crippen LogP contribution is -2.69. The molecule has 8 heteroatoms. The molecular formula is C47H49NO7. The molecule has 2 heterocycles. The predicted octanol–water partition coefficient (Wildman–Crippen LogP) is 8.70. The number of ether oxygens (including phenoxy) is 6. The number of carbonyl (C=O) groups is 1. The van der Waals surface area contributed by atoms with Gasteiger partial charge in [0.2, 0.25) is 0 Å². The van der Waals surface area contributed by atoms with Gasteiger partial charge in [-0.1, -0.05) is 164 Å². The van der Waals surface area contributed by atoms with E-state index < -0.39 is 36.1 Å². The fourth-order valence-electron chi connectivity index (χ4n) is 7.22. The van der Waals surface area contributed by atoms with Crippen LogP contribution in [0, 0.1) is 0 Å². The average Bonchev–Trinajstić information content (AvgIpc) is 3.46. The van der Waals surface area contributed by atoms with Gasteiger partial charge >= 0.3 is 6.09 Å². The van der Waals surface area contributed by atoms with E-state index in [-0.39, 0.29) is 19.8 Å². The van der Waals surface area contributed by atoms with Crippen molar-refractivity contribution >= 4 is 6.09 Å². The molecule has 0 bridgehead atoms. The van der Waals surface area contributed by atoms with E-state index in [0.717, 1.165) is 27.8 Å². The van der Waals surface area contributed by atoms with Crippen molar-refractivity contribution in [1.29, 1.82) is 0 Å².